The molecule has 0 spiro atoms. The summed E-state index contributed by atoms with van der Waals surface area (Å²) in [5.41, 5.74) is 0.957. The average Bonchev–Trinajstić information content (AvgIpc) is 3.10. The van der Waals surface area contributed by atoms with Gasteiger partial charge >= 0.3 is 0 Å². The van der Waals surface area contributed by atoms with Gasteiger partial charge in [0.15, 0.2) is 0 Å². The van der Waals surface area contributed by atoms with E-state index in [0.29, 0.717) is 6.54 Å². The highest BCUT2D eigenvalue weighted by atomic mass is 32.1. The molecule has 2 heterocycles. The molecule has 0 aliphatic rings. The number of carbonyl (C=O) groups excluding carboxylic acids is 1. The van der Waals surface area contributed by atoms with E-state index in [1.54, 1.807) is 35.4 Å². The number of fused-ring (bicyclic) bond motifs is 1. The van der Waals surface area contributed by atoms with Crippen molar-refractivity contribution in [2.75, 3.05) is 7.05 Å². The van der Waals surface area contributed by atoms with E-state index in [4.69, 9.17) is 4.42 Å². The van der Waals surface area contributed by atoms with Crippen molar-refractivity contribution in [1.29, 1.82) is 0 Å². The lowest BCUT2D eigenvalue weighted by Crippen LogP contribution is -2.23. The Bertz CT molecular complexity index is 799. The molecule has 2 aromatic heterocycles. The molecule has 0 aliphatic carbocycles. The van der Waals surface area contributed by atoms with E-state index in [0.717, 1.165) is 26.7 Å². The summed E-state index contributed by atoms with van der Waals surface area (Å²) in [7, 11) is 1.75. The van der Waals surface area contributed by atoms with Crippen LogP contribution in [0.3, 0.4) is 0 Å². The van der Waals surface area contributed by atoms with Gasteiger partial charge in [-0.1, -0.05) is 12.1 Å². The molecule has 112 valence electrons. The summed E-state index contributed by atoms with van der Waals surface area (Å²) >= 11 is 1.57. The first-order valence-electron chi connectivity index (χ1n) is 6.96. The monoisotopic (exact) mass is 312 g/mol. The molecule has 1 amide bonds. The maximum absolute atomic E-state index is 12.1. The fraction of sp³-hybridized carbons (Fsp3) is 0.176. The zero-order valence-electron chi connectivity index (χ0n) is 12.4. The normalized spacial score (nSPS) is 11.4. The summed E-state index contributed by atoms with van der Waals surface area (Å²) in [5.74, 6) is 1.55. The van der Waals surface area contributed by atoms with Gasteiger partial charge in [-0.2, -0.15) is 0 Å². The van der Waals surface area contributed by atoms with Crippen molar-refractivity contribution in [1.82, 2.24) is 9.88 Å². The van der Waals surface area contributed by atoms with Gasteiger partial charge in [0.25, 0.3) is 0 Å². The van der Waals surface area contributed by atoms with Crippen molar-refractivity contribution in [3.05, 3.63) is 59.0 Å². The number of furan rings is 1. The topological polar surface area (TPSA) is 46.3 Å². The van der Waals surface area contributed by atoms with Gasteiger partial charge in [-0.25, -0.2) is 4.98 Å². The summed E-state index contributed by atoms with van der Waals surface area (Å²) in [6, 6.07) is 11.7. The van der Waals surface area contributed by atoms with Crippen LogP contribution in [-0.2, 0) is 11.3 Å². The minimum absolute atomic E-state index is 0.0756. The van der Waals surface area contributed by atoms with Crippen LogP contribution in [0.25, 0.3) is 16.3 Å². The number of nitrogens with zero attached hydrogens (tertiary/aromatic N) is 2. The molecule has 0 aliphatic heterocycles. The first kappa shape index (κ1) is 14.5. The second-order valence-electron chi connectivity index (χ2n) is 5.06. The van der Waals surface area contributed by atoms with Crippen LogP contribution in [0.1, 0.15) is 16.5 Å². The SMILES string of the molecule is Cc1ccc(CN(C)C(=O)/C=C/c2nc3ccccc3s2)o1. The van der Waals surface area contributed by atoms with Crippen molar-refractivity contribution in [3.8, 4) is 0 Å². The Morgan fingerprint density at radius 2 is 2.14 bits per heavy atom. The zero-order valence-corrected chi connectivity index (χ0v) is 13.3. The van der Waals surface area contributed by atoms with E-state index in [-0.39, 0.29) is 5.91 Å². The molecule has 3 rings (SSSR count). The molecule has 0 fully saturated rings. The number of rotatable bonds is 4. The van der Waals surface area contributed by atoms with Crippen molar-refractivity contribution >= 4 is 33.5 Å². The summed E-state index contributed by atoms with van der Waals surface area (Å²) in [6.07, 6.45) is 3.31. The molecular formula is C17H16N2O2S. The molecule has 0 saturated heterocycles. The molecular weight excluding hydrogens is 296 g/mol. The third kappa shape index (κ3) is 3.26. The van der Waals surface area contributed by atoms with Crippen molar-refractivity contribution in [2.24, 2.45) is 0 Å². The van der Waals surface area contributed by atoms with E-state index in [9.17, 15) is 4.79 Å². The number of aromatic nitrogens is 1. The largest absolute Gasteiger partial charge is 0.464 e. The summed E-state index contributed by atoms with van der Waals surface area (Å²) in [6.45, 7) is 2.34. The lowest BCUT2D eigenvalue weighted by atomic mass is 10.3. The number of benzene rings is 1. The molecule has 3 aromatic rings. The van der Waals surface area contributed by atoms with Crippen LogP contribution < -0.4 is 0 Å². The van der Waals surface area contributed by atoms with Crippen molar-refractivity contribution < 1.29 is 9.21 Å². The van der Waals surface area contributed by atoms with Gasteiger partial charge in [0.1, 0.15) is 16.5 Å². The van der Waals surface area contributed by atoms with Crippen molar-refractivity contribution in [2.45, 2.75) is 13.5 Å². The van der Waals surface area contributed by atoms with E-state index >= 15 is 0 Å². The highest BCUT2D eigenvalue weighted by Crippen LogP contribution is 2.22. The van der Waals surface area contributed by atoms with Crippen LogP contribution in [0.15, 0.2) is 46.9 Å². The Hall–Kier alpha value is -2.40. The number of likely N-dealkylation sites (N-methyl/N-ethyl adjacent to an activating group) is 1. The Kier molecular flexibility index (Phi) is 4.06. The number of thiazole rings is 1. The molecule has 5 heteroatoms. The van der Waals surface area contributed by atoms with Crippen LogP contribution in [-0.4, -0.2) is 22.8 Å². The summed E-state index contributed by atoms with van der Waals surface area (Å²) in [4.78, 5) is 18.2. The Morgan fingerprint density at radius 1 is 1.32 bits per heavy atom. The van der Waals surface area contributed by atoms with Gasteiger partial charge in [-0.3, -0.25) is 4.79 Å². The number of hydrogen-bond donors (Lipinski definition) is 0. The predicted octanol–water partition coefficient (Wildman–Crippen LogP) is 3.87. The number of amides is 1. The van der Waals surface area contributed by atoms with Crippen LogP contribution in [0.2, 0.25) is 0 Å². The average molecular weight is 312 g/mol. The summed E-state index contributed by atoms with van der Waals surface area (Å²) < 4.78 is 6.60. The molecule has 22 heavy (non-hydrogen) atoms. The fourth-order valence-corrected chi connectivity index (χ4v) is 2.98. The summed E-state index contributed by atoms with van der Waals surface area (Å²) in [5, 5.41) is 0.830. The maximum atomic E-state index is 12.1. The van der Waals surface area contributed by atoms with Crippen molar-refractivity contribution in [3.63, 3.8) is 0 Å². The second-order valence-corrected chi connectivity index (χ2v) is 6.12. The first-order valence-corrected chi connectivity index (χ1v) is 7.77. The standard InChI is InChI=1S/C17H16N2O2S/c1-12-7-8-13(21-12)11-19(2)17(20)10-9-16-18-14-5-3-4-6-15(14)22-16/h3-10H,11H2,1-2H3/b10-9+. The zero-order chi connectivity index (χ0) is 15.5. The number of aryl methyl sites for hydroxylation is 1. The maximum Gasteiger partial charge on any atom is 0.246 e. The quantitative estimate of drug-likeness (QED) is 0.687. The third-order valence-electron chi connectivity index (χ3n) is 3.24. The van der Waals surface area contributed by atoms with Gasteiger partial charge in [0.05, 0.1) is 16.8 Å². The molecule has 0 bridgehead atoms. The minimum Gasteiger partial charge on any atom is -0.464 e. The number of hydrogen-bond acceptors (Lipinski definition) is 4. The lowest BCUT2D eigenvalue weighted by Gasteiger charge is -2.12. The minimum atomic E-state index is -0.0756. The first-order chi connectivity index (χ1) is 10.6. The Balaban J connectivity index is 1.67. The van der Waals surface area contributed by atoms with E-state index < -0.39 is 0 Å². The van der Waals surface area contributed by atoms with Gasteiger partial charge in [0, 0.05) is 13.1 Å². The number of para-hydroxylation sites is 1. The van der Waals surface area contributed by atoms with Crippen LogP contribution in [0, 0.1) is 6.92 Å². The molecule has 0 saturated carbocycles. The smallest absolute Gasteiger partial charge is 0.246 e. The molecule has 0 radical (unpaired) electrons. The molecule has 0 N–H and O–H groups in total. The van der Waals surface area contributed by atoms with Crippen LogP contribution in [0.4, 0.5) is 0 Å². The molecule has 1 aromatic carbocycles. The van der Waals surface area contributed by atoms with E-state index in [2.05, 4.69) is 4.98 Å². The van der Waals surface area contributed by atoms with E-state index in [1.807, 2.05) is 43.3 Å². The number of carbonyl (C=O) groups is 1. The lowest BCUT2D eigenvalue weighted by molar-refractivity contribution is -0.125. The Morgan fingerprint density at radius 3 is 2.86 bits per heavy atom. The van der Waals surface area contributed by atoms with Crippen LogP contribution >= 0.6 is 11.3 Å². The second kappa shape index (κ2) is 6.15. The molecule has 4 nitrogen and oxygen atoms in total. The fourth-order valence-electron chi connectivity index (χ4n) is 2.11. The van der Waals surface area contributed by atoms with Gasteiger partial charge in [-0.05, 0) is 37.3 Å². The molecule has 0 unspecified atom stereocenters. The van der Waals surface area contributed by atoms with Gasteiger partial charge in [0.2, 0.25) is 5.91 Å². The highest BCUT2D eigenvalue weighted by molar-refractivity contribution is 7.19. The highest BCUT2D eigenvalue weighted by Gasteiger charge is 2.08. The third-order valence-corrected chi connectivity index (χ3v) is 4.25. The molecule has 0 atom stereocenters. The van der Waals surface area contributed by atoms with Gasteiger partial charge < -0.3 is 9.32 Å². The Labute approximate surface area is 132 Å². The van der Waals surface area contributed by atoms with Crippen LogP contribution in [0.5, 0.6) is 0 Å². The van der Waals surface area contributed by atoms with Gasteiger partial charge in [-0.15, -0.1) is 11.3 Å². The predicted molar refractivity (Wildman–Crippen MR) is 88.6 cm³/mol. The van der Waals surface area contributed by atoms with E-state index in [1.165, 1.54) is 0 Å².